The first-order valence-corrected chi connectivity index (χ1v) is 7.86. The van der Waals surface area contributed by atoms with Crippen molar-refractivity contribution in [2.75, 3.05) is 30.4 Å². The van der Waals surface area contributed by atoms with E-state index in [0.29, 0.717) is 11.5 Å². The minimum atomic E-state index is -0.338. The summed E-state index contributed by atoms with van der Waals surface area (Å²) in [6.45, 7) is 4.05. The molecule has 5 nitrogen and oxygen atoms in total. The molecule has 1 saturated carbocycles. The topological polar surface area (TPSA) is 58.6 Å². The molecule has 3 rings (SSSR count). The molecule has 0 radical (unpaired) electrons. The van der Waals surface area contributed by atoms with Crippen LogP contribution in [0.2, 0.25) is 0 Å². The highest BCUT2D eigenvalue weighted by Gasteiger charge is 2.30. The highest BCUT2D eigenvalue weighted by atomic mass is 16.5. The van der Waals surface area contributed by atoms with Crippen LogP contribution >= 0.6 is 0 Å². The van der Waals surface area contributed by atoms with E-state index in [2.05, 4.69) is 17.1 Å². The van der Waals surface area contributed by atoms with Crippen molar-refractivity contribution in [3.63, 3.8) is 0 Å². The first kappa shape index (κ1) is 14.9. The fraction of sp³-hybridized carbons (Fsp3) is 0.529. The average molecular weight is 302 g/mol. The van der Waals surface area contributed by atoms with E-state index in [-0.39, 0.29) is 17.8 Å². The number of benzene rings is 1. The molecule has 1 heterocycles. The Kier molecular flexibility index (Phi) is 4.05. The molecule has 22 heavy (non-hydrogen) atoms. The molecule has 1 saturated heterocycles. The number of nitrogens with zero attached hydrogens (tertiary/aromatic N) is 1. The SMILES string of the molecule is COC(=O)c1ccc(NC(=O)C2CC2)cc1N1CCC(C)C1. The summed E-state index contributed by atoms with van der Waals surface area (Å²) in [5.41, 5.74) is 2.16. The molecule has 1 aliphatic heterocycles. The van der Waals surface area contributed by atoms with Crippen LogP contribution in [-0.2, 0) is 9.53 Å². The fourth-order valence-electron chi connectivity index (χ4n) is 2.90. The Morgan fingerprint density at radius 1 is 1.27 bits per heavy atom. The van der Waals surface area contributed by atoms with Crippen LogP contribution in [0, 0.1) is 11.8 Å². The number of carbonyl (C=O) groups excluding carboxylic acids is 2. The van der Waals surface area contributed by atoms with Gasteiger partial charge in [-0.2, -0.15) is 0 Å². The Morgan fingerprint density at radius 2 is 2.05 bits per heavy atom. The second-order valence-electron chi connectivity index (χ2n) is 6.33. The first-order chi connectivity index (χ1) is 10.6. The highest BCUT2D eigenvalue weighted by molar-refractivity contribution is 5.99. The maximum Gasteiger partial charge on any atom is 0.339 e. The smallest absolute Gasteiger partial charge is 0.339 e. The molecular formula is C17H22N2O3. The monoisotopic (exact) mass is 302 g/mol. The third kappa shape index (κ3) is 3.08. The van der Waals surface area contributed by atoms with Gasteiger partial charge in [-0.1, -0.05) is 6.92 Å². The summed E-state index contributed by atoms with van der Waals surface area (Å²) in [5, 5.41) is 2.95. The second kappa shape index (κ2) is 5.99. The Bertz CT molecular complexity index is 596. The summed E-state index contributed by atoms with van der Waals surface area (Å²) in [6, 6.07) is 5.41. The Hall–Kier alpha value is -2.04. The highest BCUT2D eigenvalue weighted by Crippen LogP contribution is 2.33. The van der Waals surface area contributed by atoms with Crippen LogP contribution in [0.25, 0.3) is 0 Å². The zero-order chi connectivity index (χ0) is 15.7. The van der Waals surface area contributed by atoms with Crippen LogP contribution in [0.5, 0.6) is 0 Å². The summed E-state index contributed by atoms with van der Waals surface area (Å²) in [5.74, 6) is 0.506. The maximum absolute atomic E-state index is 12.0. The van der Waals surface area contributed by atoms with Crippen LogP contribution in [0.3, 0.4) is 0 Å². The van der Waals surface area contributed by atoms with Gasteiger partial charge in [-0.05, 0) is 43.4 Å². The zero-order valence-electron chi connectivity index (χ0n) is 13.1. The van der Waals surface area contributed by atoms with Crippen LogP contribution < -0.4 is 10.2 Å². The van der Waals surface area contributed by atoms with Crippen molar-refractivity contribution in [2.24, 2.45) is 11.8 Å². The number of hydrogen-bond acceptors (Lipinski definition) is 4. The molecule has 1 unspecified atom stereocenters. The van der Waals surface area contributed by atoms with E-state index < -0.39 is 0 Å². The molecule has 1 amide bonds. The number of hydrogen-bond donors (Lipinski definition) is 1. The number of carbonyl (C=O) groups is 2. The van der Waals surface area contributed by atoms with E-state index in [1.54, 1.807) is 12.1 Å². The van der Waals surface area contributed by atoms with Crippen molar-refractivity contribution in [3.05, 3.63) is 23.8 Å². The summed E-state index contributed by atoms with van der Waals surface area (Å²) in [7, 11) is 1.39. The predicted molar refractivity (Wildman–Crippen MR) is 85.1 cm³/mol. The van der Waals surface area contributed by atoms with Crippen LogP contribution in [0.15, 0.2) is 18.2 Å². The molecule has 1 aromatic carbocycles. The number of esters is 1. The van der Waals surface area contributed by atoms with Gasteiger partial charge in [0.15, 0.2) is 0 Å². The molecule has 1 aromatic rings. The van der Waals surface area contributed by atoms with E-state index >= 15 is 0 Å². The number of methoxy groups -OCH3 is 1. The minimum Gasteiger partial charge on any atom is -0.465 e. The largest absolute Gasteiger partial charge is 0.465 e. The molecule has 2 fully saturated rings. The fourth-order valence-corrected chi connectivity index (χ4v) is 2.90. The van der Waals surface area contributed by atoms with E-state index in [9.17, 15) is 9.59 Å². The molecule has 0 spiro atoms. The lowest BCUT2D eigenvalue weighted by Crippen LogP contribution is -2.23. The summed E-state index contributed by atoms with van der Waals surface area (Å²) in [6.07, 6.45) is 3.06. The van der Waals surface area contributed by atoms with Crippen LogP contribution in [0.1, 0.15) is 36.5 Å². The second-order valence-corrected chi connectivity index (χ2v) is 6.33. The molecule has 0 aromatic heterocycles. The van der Waals surface area contributed by atoms with E-state index in [1.807, 2.05) is 6.07 Å². The third-order valence-corrected chi connectivity index (χ3v) is 4.38. The van der Waals surface area contributed by atoms with Crippen molar-refractivity contribution in [3.8, 4) is 0 Å². The summed E-state index contributed by atoms with van der Waals surface area (Å²) >= 11 is 0. The van der Waals surface area contributed by atoms with Crippen molar-refractivity contribution < 1.29 is 14.3 Å². The van der Waals surface area contributed by atoms with Gasteiger partial charge in [0.1, 0.15) is 0 Å². The van der Waals surface area contributed by atoms with Gasteiger partial charge in [-0.15, -0.1) is 0 Å². The number of nitrogens with one attached hydrogen (secondary N) is 1. The van der Waals surface area contributed by atoms with Gasteiger partial charge < -0.3 is 15.0 Å². The molecule has 5 heteroatoms. The average Bonchev–Trinajstić information content (AvgIpc) is 3.28. The molecule has 1 aliphatic carbocycles. The van der Waals surface area contributed by atoms with Gasteiger partial charge in [0, 0.05) is 24.7 Å². The third-order valence-electron chi connectivity index (χ3n) is 4.38. The van der Waals surface area contributed by atoms with E-state index in [0.717, 1.165) is 43.7 Å². The molecular weight excluding hydrogens is 280 g/mol. The lowest BCUT2D eigenvalue weighted by Gasteiger charge is -2.22. The Labute approximate surface area is 130 Å². The maximum atomic E-state index is 12.0. The Balaban J connectivity index is 1.87. The van der Waals surface area contributed by atoms with Crippen molar-refractivity contribution in [1.82, 2.24) is 0 Å². The van der Waals surface area contributed by atoms with Crippen molar-refractivity contribution in [1.29, 1.82) is 0 Å². The lowest BCUT2D eigenvalue weighted by molar-refractivity contribution is -0.117. The molecule has 2 aliphatic rings. The van der Waals surface area contributed by atoms with Gasteiger partial charge in [0.25, 0.3) is 0 Å². The van der Waals surface area contributed by atoms with Crippen LogP contribution in [0.4, 0.5) is 11.4 Å². The molecule has 1 atom stereocenters. The standard InChI is InChI=1S/C17H22N2O3/c1-11-7-8-19(10-11)15-9-13(18-16(20)12-3-4-12)5-6-14(15)17(21)22-2/h5-6,9,11-12H,3-4,7-8,10H2,1-2H3,(H,18,20). The quantitative estimate of drug-likeness (QED) is 0.869. The number of anilines is 2. The van der Waals surface area contributed by atoms with E-state index in [4.69, 9.17) is 4.74 Å². The van der Waals surface area contributed by atoms with Crippen molar-refractivity contribution >= 4 is 23.3 Å². The van der Waals surface area contributed by atoms with Crippen molar-refractivity contribution in [2.45, 2.75) is 26.2 Å². The minimum absolute atomic E-state index is 0.0755. The summed E-state index contributed by atoms with van der Waals surface area (Å²) < 4.78 is 4.88. The number of ether oxygens (including phenoxy) is 1. The normalized spacial score (nSPS) is 20.8. The molecule has 0 bridgehead atoms. The van der Waals surface area contributed by atoms with Gasteiger partial charge in [0.05, 0.1) is 18.4 Å². The zero-order valence-corrected chi connectivity index (χ0v) is 13.1. The first-order valence-electron chi connectivity index (χ1n) is 7.86. The van der Waals surface area contributed by atoms with Gasteiger partial charge in [-0.3, -0.25) is 4.79 Å². The van der Waals surface area contributed by atoms with Gasteiger partial charge >= 0.3 is 5.97 Å². The molecule has 1 N–H and O–H groups in total. The number of amides is 1. The molecule has 118 valence electrons. The number of rotatable bonds is 4. The van der Waals surface area contributed by atoms with Crippen LogP contribution in [-0.4, -0.2) is 32.1 Å². The lowest BCUT2D eigenvalue weighted by atomic mass is 10.1. The summed E-state index contributed by atoms with van der Waals surface area (Å²) in [4.78, 5) is 26.1. The van der Waals surface area contributed by atoms with Gasteiger partial charge in [-0.25, -0.2) is 4.79 Å². The Morgan fingerprint density at radius 3 is 2.64 bits per heavy atom. The van der Waals surface area contributed by atoms with Gasteiger partial charge in [0.2, 0.25) is 5.91 Å². The van der Waals surface area contributed by atoms with E-state index in [1.165, 1.54) is 7.11 Å². The predicted octanol–water partition coefficient (Wildman–Crippen LogP) is 2.67.